The minimum absolute atomic E-state index is 0.0414. The molecular weight excluding hydrogens is 208 g/mol. The van der Waals surface area contributed by atoms with Crippen LogP contribution in [0.2, 0.25) is 0 Å². The number of nitrogen functional groups attached to an aromatic ring is 1. The first kappa shape index (κ1) is 10.6. The Morgan fingerprint density at radius 3 is 3.06 bits per heavy atom. The average Bonchev–Trinajstić information content (AvgIpc) is 2.73. The molecule has 7 heteroatoms. The van der Waals surface area contributed by atoms with Gasteiger partial charge in [-0.25, -0.2) is 0 Å². The van der Waals surface area contributed by atoms with Crippen molar-refractivity contribution >= 4 is 22.8 Å². The maximum Gasteiger partial charge on any atom is 0.224 e. The van der Waals surface area contributed by atoms with Crippen LogP contribution in [0.15, 0.2) is 6.20 Å². The molecule has 0 aromatic carbocycles. The molecule has 1 atom stereocenters. The zero-order chi connectivity index (χ0) is 11.5. The second kappa shape index (κ2) is 4.31. The van der Waals surface area contributed by atoms with E-state index in [1.807, 2.05) is 6.92 Å². The van der Waals surface area contributed by atoms with Gasteiger partial charge in [-0.1, -0.05) is 6.92 Å². The molecule has 0 saturated carbocycles. The molecule has 0 aliphatic heterocycles. The lowest BCUT2D eigenvalue weighted by atomic mass is 10.2. The third-order valence-corrected chi connectivity index (χ3v) is 2.38. The van der Waals surface area contributed by atoms with Gasteiger partial charge in [-0.15, -0.1) is 0 Å². The van der Waals surface area contributed by atoms with Crippen molar-refractivity contribution in [1.82, 2.24) is 20.2 Å². The minimum atomic E-state index is -0.0487. The summed E-state index contributed by atoms with van der Waals surface area (Å²) in [6, 6.07) is -0.0487. The lowest BCUT2D eigenvalue weighted by Crippen LogP contribution is -2.23. The van der Waals surface area contributed by atoms with E-state index in [2.05, 4.69) is 25.5 Å². The van der Waals surface area contributed by atoms with Crippen LogP contribution in [0.3, 0.4) is 0 Å². The summed E-state index contributed by atoms with van der Waals surface area (Å²) in [5.41, 5.74) is 6.16. The van der Waals surface area contributed by atoms with E-state index in [1.54, 1.807) is 6.20 Å². The second-order valence-electron chi connectivity index (χ2n) is 3.49. The minimum Gasteiger partial charge on any atom is -0.394 e. The zero-order valence-electron chi connectivity index (χ0n) is 8.94. The number of nitrogens with one attached hydrogen (secondary N) is 2. The van der Waals surface area contributed by atoms with Crippen molar-refractivity contribution in [2.45, 2.75) is 19.4 Å². The Labute approximate surface area is 92.1 Å². The van der Waals surface area contributed by atoms with E-state index in [0.717, 1.165) is 11.8 Å². The number of H-pyrrole nitrogens is 1. The highest BCUT2D eigenvalue weighted by molar-refractivity contribution is 5.86. The van der Waals surface area contributed by atoms with Gasteiger partial charge in [0.25, 0.3) is 0 Å². The van der Waals surface area contributed by atoms with Gasteiger partial charge < -0.3 is 16.2 Å². The van der Waals surface area contributed by atoms with Crippen molar-refractivity contribution in [3.8, 4) is 0 Å². The summed E-state index contributed by atoms with van der Waals surface area (Å²) in [4.78, 5) is 8.10. The standard InChI is InChI=1S/C9H14N6O/c1-2-5(4-16)12-7-6-3-11-15-8(6)14-9(10)13-7/h3,5,16H,2,4H2,1H3,(H4,10,11,12,13,14,15). The van der Waals surface area contributed by atoms with E-state index >= 15 is 0 Å². The van der Waals surface area contributed by atoms with Crippen LogP contribution in [0.25, 0.3) is 11.0 Å². The molecular formula is C9H14N6O. The molecule has 2 aromatic rings. The number of nitrogens with two attached hydrogens (primary N) is 1. The molecule has 0 radical (unpaired) electrons. The van der Waals surface area contributed by atoms with Crippen LogP contribution in [0, 0.1) is 0 Å². The molecule has 16 heavy (non-hydrogen) atoms. The predicted octanol–water partition coefficient (Wildman–Crippen LogP) is 0.118. The Morgan fingerprint density at radius 1 is 1.56 bits per heavy atom. The fourth-order valence-electron chi connectivity index (χ4n) is 1.43. The molecule has 0 amide bonds. The average molecular weight is 222 g/mol. The molecule has 0 saturated heterocycles. The van der Waals surface area contributed by atoms with Crippen LogP contribution in [-0.4, -0.2) is 37.9 Å². The smallest absolute Gasteiger partial charge is 0.224 e. The summed E-state index contributed by atoms with van der Waals surface area (Å²) >= 11 is 0. The van der Waals surface area contributed by atoms with Crippen molar-refractivity contribution in [2.24, 2.45) is 0 Å². The highest BCUT2D eigenvalue weighted by Crippen LogP contribution is 2.19. The topological polar surface area (TPSA) is 113 Å². The second-order valence-corrected chi connectivity index (χ2v) is 3.49. The molecule has 7 nitrogen and oxygen atoms in total. The van der Waals surface area contributed by atoms with Crippen LogP contribution >= 0.6 is 0 Å². The Morgan fingerprint density at radius 2 is 2.38 bits per heavy atom. The number of hydrogen-bond acceptors (Lipinski definition) is 6. The third-order valence-electron chi connectivity index (χ3n) is 2.38. The van der Waals surface area contributed by atoms with Gasteiger partial charge in [-0.05, 0) is 6.42 Å². The Bertz CT molecular complexity index is 478. The molecule has 0 bridgehead atoms. The van der Waals surface area contributed by atoms with Crippen molar-refractivity contribution in [3.63, 3.8) is 0 Å². The monoisotopic (exact) mass is 222 g/mol. The lowest BCUT2D eigenvalue weighted by molar-refractivity contribution is 0.271. The van der Waals surface area contributed by atoms with E-state index in [1.165, 1.54) is 0 Å². The van der Waals surface area contributed by atoms with Gasteiger partial charge in [-0.3, -0.25) is 5.10 Å². The summed E-state index contributed by atoms with van der Waals surface area (Å²) in [5, 5.41) is 19.6. The summed E-state index contributed by atoms with van der Waals surface area (Å²) in [6.07, 6.45) is 2.42. The van der Waals surface area contributed by atoms with Gasteiger partial charge >= 0.3 is 0 Å². The maximum absolute atomic E-state index is 9.12. The van der Waals surface area contributed by atoms with E-state index < -0.39 is 0 Å². The largest absolute Gasteiger partial charge is 0.394 e. The third kappa shape index (κ3) is 1.89. The van der Waals surface area contributed by atoms with Gasteiger partial charge in [0.2, 0.25) is 5.95 Å². The summed E-state index contributed by atoms with van der Waals surface area (Å²) in [7, 11) is 0. The Balaban J connectivity index is 2.38. The van der Waals surface area contributed by atoms with Crippen molar-refractivity contribution in [3.05, 3.63) is 6.20 Å². The zero-order valence-corrected chi connectivity index (χ0v) is 8.94. The summed E-state index contributed by atoms with van der Waals surface area (Å²) < 4.78 is 0. The van der Waals surface area contributed by atoms with Gasteiger partial charge in [0.05, 0.1) is 24.2 Å². The Kier molecular flexibility index (Phi) is 2.86. The molecule has 2 rings (SSSR count). The van der Waals surface area contributed by atoms with Crippen molar-refractivity contribution in [1.29, 1.82) is 0 Å². The molecule has 2 heterocycles. The molecule has 0 fully saturated rings. The highest BCUT2D eigenvalue weighted by Gasteiger charge is 2.11. The van der Waals surface area contributed by atoms with Crippen LogP contribution in [-0.2, 0) is 0 Å². The van der Waals surface area contributed by atoms with E-state index in [9.17, 15) is 0 Å². The number of nitrogens with zero attached hydrogens (tertiary/aromatic N) is 3. The van der Waals surface area contributed by atoms with E-state index in [4.69, 9.17) is 10.8 Å². The number of anilines is 2. The van der Waals surface area contributed by atoms with Gasteiger partial charge in [0.1, 0.15) is 5.82 Å². The normalized spacial score (nSPS) is 12.9. The Hall–Kier alpha value is -1.89. The molecule has 2 aromatic heterocycles. The molecule has 86 valence electrons. The maximum atomic E-state index is 9.12. The van der Waals surface area contributed by atoms with Crippen LogP contribution < -0.4 is 11.1 Å². The molecule has 0 aliphatic carbocycles. The van der Waals surface area contributed by atoms with Gasteiger partial charge in [0, 0.05) is 0 Å². The van der Waals surface area contributed by atoms with Gasteiger partial charge in [0.15, 0.2) is 5.65 Å². The van der Waals surface area contributed by atoms with Crippen LogP contribution in [0.5, 0.6) is 0 Å². The van der Waals surface area contributed by atoms with E-state index in [0.29, 0.717) is 11.5 Å². The number of rotatable bonds is 4. The fraction of sp³-hybridized carbons (Fsp3) is 0.444. The molecule has 0 spiro atoms. The van der Waals surface area contributed by atoms with Gasteiger partial charge in [-0.2, -0.15) is 15.1 Å². The van der Waals surface area contributed by atoms with Crippen LogP contribution in [0.4, 0.5) is 11.8 Å². The number of fused-ring (bicyclic) bond motifs is 1. The first-order valence-electron chi connectivity index (χ1n) is 5.08. The van der Waals surface area contributed by atoms with Crippen molar-refractivity contribution in [2.75, 3.05) is 17.7 Å². The van der Waals surface area contributed by atoms with Crippen molar-refractivity contribution < 1.29 is 5.11 Å². The quantitative estimate of drug-likeness (QED) is 0.584. The first-order valence-corrected chi connectivity index (χ1v) is 5.08. The van der Waals surface area contributed by atoms with Crippen LogP contribution in [0.1, 0.15) is 13.3 Å². The number of aromatic nitrogens is 4. The molecule has 5 N–H and O–H groups in total. The predicted molar refractivity (Wildman–Crippen MR) is 60.9 cm³/mol. The van der Waals surface area contributed by atoms with E-state index in [-0.39, 0.29) is 18.6 Å². The first-order chi connectivity index (χ1) is 7.74. The molecule has 1 unspecified atom stereocenters. The summed E-state index contributed by atoms with van der Waals surface area (Å²) in [5.74, 6) is 0.768. The number of hydrogen-bond donors (Lipinski definition) is 4. The lowest BCUT2D eigenvalue weighted by Gasteiger charge is -2.15. The SMILES string of the molecule is CCC(CO)Nc1nc(N)nc2[nH]ncc12. The number of aliphatic hydroxyl groups excluding tert-OH is 1. The number of aliphatic hydroxyl groups is 1. The summed E-state index contributed by atoms with van der Waals surface area (Å²) in [6.45, 7) is 2.02. The highest BCUT2D eigenvalue weighted by atomic mass is 16.3. The molecule has 0 aliphatic rings. The fourth-order valence-corrected chi connectivity index (χ4v) is 1.43. The number of aromatic amines is 1.